The van der Waals surface area contributed by atoms with E-state index < -0.39 is 10.0 Å². The number of rotatable bonds is 3. The largest absolute Gasteiger partial charge is 0.398 e. The molecule has 3 aromatic rings. The summed E-state index contributed by atoms with van der Waals surface area (Å²) in [5.41, 5.74) is 6.44. The molecule has 0 spiro atoms. The molecular formula is C13H10BrN3O2S2. The van der Waals surface area contributed by atoms with E-state index in [9.17, 15) is 8.42 Å². The molecule has 0 bridgehead atoms. The predicted octanol–water partition coefficient (Wildman–Crippen LogP) is 3.44. The molecule has 0 atom stereocenters. The second kappa shape index (κ2) is 5.28. The minimum Gasteiger partial charge on any atom is -0.398 e. The van der Waals surface area contributed by atoms with Crippen LogP contribution in [0.1, 0.15) is 0 Å². The van der Waals surface area contributed by atoms with Gasteiger partial charge in [0.05, 0.1) is 14.9 Å². The van der Waals surface area contributed by atoms with Crippen LogP contribution in [0.15, 0.2) is 51.3 Å². The van der Waals surface area contributed by atoms with Crippen molar-refractivity contribution in [1.29, 1.82) is 0 Å². The van der Waals surface area contributed by atoms with Crippen LogP contribution in [0.3, 0.4) is 0 Å². The fourth-order valence-electron chi connectivity index (χ4n) is 2.00. The molecule has 3 rings (SSSR count). The highest BCUT2D eigenvalue weighted by atomic mass is 79.9. The number of hydrogen-bond donors (Lipinski definition) is 2. The summed E-state index contributed by atoms with van der Waals surface area (Å²) in [6.45, 7) is 0. The van der Waals surface area contributed by atoms with Crippen LogP contribution >= 0.6 is 27.3 Å². The number of nitrogens with zero attached hydrogens (tertiary/aromatic N) is 1. The number of fused-ring (bicyclic) bond motifs is 1. The van der Waals surface area contributed by atoms with Gasteiger partial charge in [0.1, 0.15) is 0 Å². The molecule has 8 heteroatoms. The number of anilines is 2. The van der Waals surface area contributed by atoms with Crippen molar-refractivity contribution in [3.63, 3.8) is 0 Å². The van der Waals surface area contributed by atoms with Crippen LogP contribution in [0.2, 0.25) is 0 Å². The zero-order valence-electron chi connectivity index (χ0n) is 10.6. The van der Waals surface area contributed by atoms with Gasteiger partial charge in [-0.1, -0.05) is 35.6 Å². The van der Waals surface area contributed by atoms with Crippen LogP contribution in [-0.4, -0.2) is 13.4 Å². The van der Waals surface area contributed by atoms with Gasteiger partial charge in [-0.2, -0.15) is 0 Å². The molecule has 0 aliphatic heterocycles. The van der Waals surface area contributed by atoms with Gasteiger partial charge < -0.3 is 5.73 Å². The molecule has 108 valence electrons. The van der Waals surface area contributed by atoms with Gasteiger partial charge in [-0.25, -0.2) is 13.4 Å². The molecule has 1 aromatic heterocycles. The lowest BCUT2D eigenvalue weighted by atomic mass is 10.1. The molecule has 1 heterocycles. The number of thiazole rings is 1. The molecule has 0 saturated carbocycles. The van der Waals surface area contributed by atoms with Crippen LogP contribution in [0.25, 0.3) is 10.8 Å². The maximum atomic E-state index is 12.5. The van der Waals surface area contributed by atoms with E-state index in [1.54, 1.807) is 30.5 Å². The van der Waals surface area contributed by atoms with Crippen LogP contribution in [0.5, 0.6) is 0 Å². The lowest BCUT2D eigenvalue weighted by molar-refractivity contribution is 0.602. The van der Waals surface area contributed by atoms with Gasteiger partial charge in [-0.3, -0.25) is 4.72 Å². The van der Waals surface area contributed by atoms with Crippen LogP contribution in [0.4, 0.5) is 10.8 Å². The summed E-state index contributed by atoms with van der Waals surface area (Å²) < 4.78 is 28.3. The third kappa shape index (κ3) is 2.74. The number of aromatic nitrogens is 1. The van der Waals surface area contributed by atoms with Crippen molar-refractivity contribution in [1.82, 2.24) is 4.98 Å². The molecule has 0 aliphatic rings. The molecule has 0 radical (unpaired) electrons. The Balaban J connectivity index is 2.13. The first-order valence-electron chi connectivity index (χ1n) is 5.89. The van der Waals surface area contributed by atoms with Crippen LogP contribution in [-0.2, 0) is 10.0 Å². The van der Waals surface area contributed by atoms with Crippen molar-refractivity contribution in [3.05, 3.63) is 46.4 Å². The second-order valence-corrected chi connectivity index (χ2v) is 8.33. The summed E-state index contributed by atoms with van der Waals surface area (Å²) in [5, 5.41) is 1.60. The number of nitrogens with two attached hydrogens (primary N) is 1. The summed E-state index contributed by atoms with van der Waals surface area (Å²) in [6, 6.07) is 10.2. The monoisotopic (exact) mass is 383 g/mol. The van der Waals surface area contributed by atoms with E-state index in [2.05, 4.69) is 25.6 Å². The number of nitrogens with one attached hydrogen (secondary N) is 1. The molecule has 0 fully saturated rings. The van der Waals surface area contributed by atoms with Crippen molar-refractivity contribution >= 4 is 58.9 Å². The van der Waals surface area contributed by atoms with E-state index >= 15 is 0 Å². The number of nitrogen functional groups attached to an aromatic ring is 1. The van der Waals surface area contributed by atoms with Crippen molar-refractivity contribution in [2.24, 2.45) is 0 Å². The minimum absolute atomic E-state index is 0.179. The van der Waals surface area contributed by atoms with E-state index in [0.29, 0.717) is 21.6 Å². The molecular weight excluding hydrogens is 374 g/mol. The first kappa shape index (κ1) is 14.3. The molecule has 2 aromatic carbocycles. The Morgan fingerprint density at radius 3 is 2.52 bits per heavy atom. The fraction of sp³-hybridized carbons (Fsp3) is 0. The summed E-state index contributed by atoms with van der Waals surface area (Å²) in [6.07, 6.45) is 1.55. The molecule has 5 nitrogen and oxygen atoms in total. The molecule has 3 N–H and O–H groups in total. The Labute approximate surface area is 134 Å². The SMILES string of the molecule is Nc1ccc(S(=O)(=O)Nc2ncc(Br)s2)c2ccccc12. The third-order valence-electron chi connectivity index (χ3n) is 2.91. The van der Waals surface area contributed by atoms with Crippen molar-refractivity contribution in [3.8, 4) is 0 Å². The van der Waals surface area contributed by atoms with Gasteiger partial charge in [0.15, 0.2) is 5.13 Å². The van der Waals surface area contributed by atoms with E-state index in [4.69, 9.17) is 5.73 Å². The maximum Gasteiger partial charge on any atom is 0.264 e. The molecule has 21 heavy (non-hydrogen) atoms. The average Bonchev–Trinajstić information content (AvgIpc) is 2.83. The molecule has 0 aliphatic carbocycles. The normalized spacial score (nSPS) is 11.7. The van der Waals surface area contributed by atoms with Gasteiger partial charge in [0, 0.05) is 16.5 Å². The van der Waals surface area contributed by atoms with Gasteiger partial charge >= 0.3 is 0 Å². The summed E-state index contributed by atoms with van der Waals surface area (Å²) in [7, 11) is -3.72. The third-order valence-corrected chi connectivity index (χ3v) is 5.82. The van der Waals surface area contributed by atoms with E-state index in [-0.39, 0.29) is 4.90 Å². The Bertz CT molecular complexity index is 922. The Morgan fingerprint density at radius 1 is 1.14 bits per heavy atom. The smallest absolute Gasteiger partial charge is 0.264 e. The first-order chi connectivity index (χ1) is 9.97. The minimum atomic E-state index is -3.72. The standard InChI is InChI=1S/C13H10BrN3O2S2/c14-12-7-16-13(20-12)17-21(18,19)11-6-5-10(15)8-3-1-2-4-9(8)11/h1-7H,15H2,(H,16,17). The van der Waals surface area contributed by atoms with E-state index in [1.165, 1.54) is 17.4 Å². The van der Waals surface area contributed by atoms with Gasteiger partial charge in [0.2, 0.25) is 0 Å². The summed E-state index contributed by atoms with van der Waals surface area (Å²) >= 11 is 4.46. The lowest BCUT2D eigenvalue weighted by Crippen LogP contribution is -2.13. The fourth-order valence-corrected chi connectivity index (χ4v) is 4.56. The van der Waals surface area contributed by atoms with Crippen LogP contribution in [0, 0.1) is 0 Å². The summed E-state index contributed by atoms with van der Waals surface area (Å²) in [5.74, 6) is 0. The number of halogens is 1. The molecule has 0 unspecified atom stereocenters. The molecule has 0 amide bonds. The van der Waals surface area contributed by atoms with Crippen molar-refractivity contribution in [2.75, 3.05) is 10.5 Å². The number of hydrogen-bond acceptors (Lipinski definition) is 5. The predicted molar refractivity (Wildman–Crippen MR) is 89.0 cm³/mol. The number of sulfonamides is 1. The maximum absolute atomic E-state index is 12.5. The highest BCUT2D eigenvalue weighted by Crippen LogP contribution is 2.30. The average molecular weight is 384 g/mol. The van der Waals surface area contributed by atoms with E-state index in [0.717, 1.165) is 3.79 Å². The zero-order valence-corrected chi connectivity index (χ0v) is 13.8. The van der Waals surface area contributed by atoms with Gasteiger partial charge in [-0.15, -0.1) is 0 Å². The van der Waals surface area contributed by atoms with Crippen LogP contribution < -0.4 is 10.5 Å². The number of benzene rings is 2. The zero-order chi connectivity index (χ0) is 15.0. The highest BCUT2D eigenvalue weighted by molar-refractivity contribution is 9.11. The molecule has 0 saturated heterocycles. The highest BCUT2D eigenvalue weighted by Gasteiger charge is 2.19. The van der Waals surface area contributed by atoms with Crippen molar-refractivity contribution < 1.29 is 8.42 Å². The van der Waals surface area contributed by atoms with Gasteiger partial charge in [-0.05, 0) is 28.1 Å². The Hall–Kier alpha value is -1.64. The first-order valence-corrected chi connectivity index (χ1v) is 8.98. The lowest BCUT2D eigenvalue weighted by Gasteiger charge is -2.10. The quantitative estimate of drug-likeness (QED) is 0.678. The second-order valence-electron chi connectivity index (χ2n) is 4.27. The van der Waals surface area contributed by atoms with Gasteiger partial charge in [0.25, 0.3) is 10.0 Å². The van der Waals surface area contributed by atoms with E-state index in [1.807, 2.05) is 6.07 Å². The Kier molecular flexibility index (Phi) is 3.60. The Morgan fingerprint density at radius 2 is 1.86 bits per heavy atom. The summed E-state index contributed by atoms with van der Waals surface area (Å²) in [4.78, 5) is 4.16. The van der Waals surface area contributed by atoms with Crippen molar-refractivity contribution in [2.45, 2.75) is 4.90 Å². The topological polar surface area (TPSA) is 85.1 Å².